The number of aromatic hydroxyl groups is 1. The zero-order chi connectivity index (χ0) is 28.6. The lowest BCUT2D eigenvalue weighted by atomic mass is 9.94. The number of allylic oxidation sites excluding steroid dienone is 3. The van der Waals surface area contributed by atoms with Crippen LogP contribution in [0.25, 0.3) is 0 Å². The Morgan fingerprint density at radius 2 is 1.85 bits per heavy atom. The molecule has 2 aromatic rings. The molecule has 214 valence electrons. The highest BCUT2D eigenvalue weighted by molar-refractivity contribution is 5.94. The summed E-state index contributed by atoms with van der Waals surface area (Å²) in [6.45, 7) is 10.9. The van der Waals surface area contributed by atoms with Crippen LogP contribution in [-0.2, 0) is 32.0 Å². The van der Waals surface area contributed by atoms with Gasteiger partial charge < -0.3 is 28.8 Å². The minimum Gasteiger partial charge on any atom is -0.507 e. The van der Waals surface area contributed by atoms with Crippen molar-refractivity contribution >= 4 is 5.97 Å². The van der Waals surface area contributed by atoms with Gasteiger partial charge in [-0.3, -0.25) is 0 Å². The molecule has 0 aliphatic carbocycles. The molecule has 0 unspecified atom stereocenters. The van der Waals surface area contributed by atoms with Crippen LogP contribution in [0.15, 0.2) is 66.8 Å². The largest absolute Gasteiger partial charge is 0.507 e. The van der Waals surface area contributed by atoms with Crippen molar-refractivity contribution in [2.24, 2.45) is 5.92 Å². The summed E-state index contributed by atoms with van der Waals surface area (Å²) in [5.74, 6) is 0.262. The molecule has 0 fully saturated rings. The van der Waals surface area contributed by atoms with Gasteiger partial charge in [-0.1, -0.05) is 48.9 Å². The van der Waals surface area contributed by atoms with Gasteiger partial charge in [0.2, 0.25) is 0 Å². The summed E-state index contributed by atoms with van der Waals surface area (Å²) in [4.78, 5) is 13.3. The average molecular weight is 541 g/mol. The zero-order valence-corrected chi connectivity index (χ0v) is 24.0. The van der Waals surface area contributed by atoms with Crippen LogP contribution in [0, 0.1) is 5.92 Å². The number of phenolic OH excluding ortho intramolecular Hbond substituents is 1. The van der Waals surface area contributed by atoms with Crippen molar-refractivity contribution in [1.82, 2.24) is 0 Å². The van der Waals surface area contributed by atoms with Crippen LogP contribution in [0.4, 0.5) is 0 Å². The Kier molecular flexibility index (Phi) is 14.4. The molecule has 1 N–H and O–H groups in total. The first-order chi connectivity index (χ1) is 18.8. The predicted octanol–water partition coefficient (Wildman–Crippen LogP) is 6.63. The van der Waals surface area contributed by atoms with Gasteiger partial charge in [-0.15, -0.1) is 6.58 Å². The molecule has 0 saturated carbocycles. The second kappa shape index (κ2) is 17.5. The molecule has 0 spiro atoms. The number of benzene rings is 2. The molecule has 7 heteroatoms. The van der Waals surface area contributed by atoms with Gasteiger partial charge in [-0.25, -0.2) is 4.79 Å². The maximum Gasteiger partial charge on any atom is 0.342 e. The number of hydrogen-bond acceptors (Lipinski definition) is 7. The lowest BCUT2D eigenvalue weighted by Crippen LogP contribution is -2.31. The molecule has 0 amide bonds. The Balaban J connectivity index is 2.17. The molecular weight excluding hydrogens is 496 g/mol. The monoisotopic (exact) mass is 540 g/mol. The van der Waals surface area contributed by atoms with E-state index in [2.05, 4.69) is 33.4 Å². The molecule has 0 aromatic heterocycles. The first-order valence-corrected chi connectivity index (χ1v) is 13.4. The Labute approximate surface area is 233 Å². The molecule has 0 aliphatic heterocycles. The van der Waals surface area contributed by atoms with Gasteiger partial charge in [0, 0.05) is 20.0 Å². The Morgan fingerprint density at radius 3 is 2.49 bits per heavy atom. The number of carbonyl (C=O) groups is 1. The van der Waals surface area contributed by atoms with Gasteiger partial charge in [0.15, 0.2) is 0 Å². The van der Waals surface area contributed by atoms with Crippen molar-refractivity contribution in [2.75, 3.05) is 27.6 Å². The average Bonchev–Trinajstić information content (AvgIpc) is 2.92. The summed E-state index contributed by atoms with van der Waals surface area (Å²) in [6.07, 6.45) is 5.35. The third-order valence-electron chi connectivity index (χ3n) is 6.41. The van der Waals surface area contributed by atoms with Crippen molar-refractivity contribution in [2.45, 2.75) is 65.3 Å². The van der Waals surface area contributed by atoms with E-state index in [1.807, 2.05) is 24.3 Å². The van der Waals surface area contributed by atoms with E-state index < -0.39 is 12.1 Å². The van der Waals surface area contributed by atoms with E-state index in [9.17, 15) is 9.90 Å². The van der Waals surface area contributed by atoms with Gasteiger partial charge in [-0.05, 0) is 61.9 Å². The molecule has 2 rings (SSSR count). The summed E-state index contributed by atoms with van der Waals surface area (Å²) in [5.41, 5.74) is 3.07. The highest BCUT2D eigenvalue weighted by atomic mass is 16.7. The Bertz CT molecular complexity index is 1040. The summed E-state index contributed by atoms with van der Waals surface area (Å²) >= 11 is 0. The Hall–Kier alpha value is -3.13. The molecule has 0 radical (unpaired) electrons. The molecule has 0 bridgehead atoms. The lowest BCUT2D eigenvalue weighted by Gasteiger charge is -2.28. The van der Waals surface area contributed by atoms with Crippen molar-refractivity contribution in [1.29, 1.82) is 0 Å². The first kappa shape index (κ1) is 32.1. The van der Waals surface area contributed by atoms with Crippen LogP contribution in [0.2, 0.25) is 0 Å². The third kappa shape index (κ3) is 11.2. The van der Waals surface area contributed by atoms with Crippen LogP contribution in [0.5, 0.6) is 11.5 Å². The molecular formula is C32H44O7. The van der Waals surface area contributed by atoms with Gasteiger partial charge in [0.1, 0.15) is 30.0 Å². The van der Waals surface area contributed by atoms with E-state index >= 15 is 0 Å². The number of esters is 1. The Morgan fingerprint density at radius 1 is 1.10 bits per heavy atom. The van der Waals surface area contributed by atoms with Crippen LogP contribution >= 0.6 is 0 Å². The topological polar surface area (TPSA) is 83.5 Å². The number of phenols is 1. The SMILES string of the molecule is C=CCc1cccc(O)c1C(=O)O[C@H](CCOCc1ccc(OC)cc1)C[C@H](OCOC)[C@H](C)CC=C(C)C. The molecule has 0 saturated heterocycles. The fraction of sp³-hybridized carbons (Fsp3) is 0.469. The number of rotatable bonds is 18. The third-order valence-corrected chi connectivity index (χ3v) is 6.41. The van der Waals surface area contributed by atoms with Crippen molar-refractivity contribution in [3.05, 3.63) is 83.5 Å². The van der Waals surface area contributed by atoms with Crippen LogP contribution in [0.1, 0.15) is 61.5 Å². The smallest absolute Gasteiger partial charge is 0.342 e. The minimum atomic E-state index is -0.576. The number of carbonyl (C=O) groups excluding carboxylic acids is 1. The van der Waals surface area contributed by atoms with Crippen molar-refractivity contribution in [3.8, 4) is 11.5 Å². The van der Waals surface area contributed by atoms with Gasteiger partial charge >= 0.3 is 5.97 Å². The lowest BCUT2D eigenvalue weighted by molar-refractivity contribution is -0.104. The van der Waals surface area contributed by atoms with Gasteiger partial charge in [0.05, 0.1) is 26.4 Å². The van der Waals surface area contributed by atoms with E-state index in [-0.39, 0.29) is 30.1 Å². The predicted molar refractivity (Wildman–Crippen MR) is 153 cm³/mol. The molecule has 0 aliphatic rings. The summed E-state index contributed by atoms with van der Waals surface area (Å²) in [7, 11) is 3.22. The quantitative estimate of drug-likeness (QED) is 0.0983. The standard InChI is InChI=1S/C32H44O7/c1-7-9-26-10-8-11-29(33)31(26)32(34)39-28(18-19-37-21-25-14-16-27(36-6)17-15-25)20-30(38-22-35-5)24(4)13-12-23(2)3/h7-8,10-12,14-17,24,28,30,33H,1,9,13,18-22H2,2-6H3/t24-,28-,30+/m1/s1. The number of ether oxygens (including phenoxy) is 5. The van der Waals surface area contributed by atoms with Crippen LogP contribution < -0.4 is 4.74 Å². The van der Waals surface area contributed by atoms with E-state index in [4.69, 9.17) is 23.7 Å². The summed E-state index contributed by atoms with van der Waals surface area (Å²) in [6, 6.07) is 12.7. The number of methoxy groups -OCH3 is 2. The first-order valence-electron chi connectivity index (χ1n) is 13.4. The fourth-order valence-electron chi connectivity index (χ4n) is 4.16. The van der Waals surface area contributed by atoms with Crippen molar-refractivity contribution in [3.63, 3.8) is 0 Å². The maximum absolute atomic E-state index is 13.3. The molecule has 3 atom stereocenters. The highest BCUT2D eigenvalue weighted by Gasteiger charge is 2.27. The fourth-order valence-corrected chi connectivity index (χ4v) is 4.16. The van der Waals surface area contributed by atoms with E-state index in [0.717, 1.165) is 17.7 Å². The second-order valence-electron chi connectivity index (χ2n) is 9.86. The number of hydrogen-bond donors (Lipinski definition) is 1. The van der Waals surface area contributed by atoms with Crippen molar-refractivity contribution < 1.29 is 33.6 Å². The second-order valence-corrected chi connectivity index (χ2v) is 9.86. The van der Waals surface area contributed by atoms with Crippen LogP contribution in [-0.4, -0.2) is 50.9 Å². The van der Waals surface area contributed by atoms with E-state index in [1.54, 1.807) is 32.4 Å². The highest BCUT2D eigenvalue weighted by Crippen LogP contribution is 2.26. The normalized spacial score (nSPS) is 13.3. The maximum atomic E-state index is 13.3. The summed E-state index contributed by atoms with van der Waals surface area (Å²) in [5, 5.41) is 10.5. The molecule has 0 heterocycles. The molecule has 2 aromatic carbocycles. The van der Waals surface area contributed by atoms with Gasteiger partial charge in [-0.2, -0.15) is 0 Å². The van der Waals surface area contributed by atoms with Crippen LogP contribution in [0.3, 0.4) is 0 Å². The van der Waals surface area contributed by atoms with E-state index in [1.165, 1.54) is 11.6 Å². The molecule has 39 heavy (non-hydrogen) atoms. The van der Waals surface area contributed by atoms with E-state index in [0.29, 0.717) is 38.0 Å². The summed E-state index contributed by atoms with van der Waals surface area (Å²) < 4.78 is 28.4. The van der Waals surface area contributed by atoms with Gasteiger partial charge in [0.25, 0.3) is 0 Å². The molecule has 7 nitrogen and oxygen atoms in total. The minimum absolute atomic E-state index is 0.113. The zero-order valence-electron chi connectivity index (χ0n) is 24.0.